The minimum absolute atomic E-state index is 0.354. The molecule has 0 unspecified atom stereocenters. The summed E-state index contributed by atoms with van der Waals surface area (Å²) in [5, 5.41) is 4.23. The van der Waals surface area contributed by atoms with Crippen molar-refractivity contribution in [3.8, 4) is 5.75 Å². The average molecular weight is 324 g/mol. The molecule has 0 bridgehead atoms. The number of ether oxygens (including phenoxy) is 1. The van der Waals surface area contributed by atoms with Crippen LogP contribution in [0.15, 0.2) is 85.4 Å². The largest absolute Gasteiger partial charge is 0.423 e. The summed E-state index contributed by atoms with van der Waals surface area (Å²) in [6.07, 6.45) is 1.81. The molecule has 0 amide bonds. The Morgan fingerprint density at radius 1 is 0.760 bits per heavy atom. The van der Waals surface area contributed by atoms with E-state index in [1.807, 2.05) is 72.8 Å². The molecule has 0 aliphatic rings. The van der Waals surface area contributed by atoms with Crippen LogP contribution in [-0.2, 0) is 0 Å². The molecule has 0 aliphatic heterocycles. The van der Waals surface area contributed by atoms with E-state index in [4.69, 9.17) is 4.74 Å². The van der Waals surface area contributed by atoms with Crippen LogP contribution < -0.4 is 4.74 Å². The fraction of sp³-hybridized carbons (Fsp3) is 0. The molecular formula is C23H16O2. The van der Waals surface area contributed by atoms with Crippen LogP contribution in [0.2, 0.25) is 0 Å². The Hall–Kier alpha value is -3.39. The van der Waals surface area contributed by atoms with E-state index in [9.17, 15) is 4.79 Å². The molecule has 4 aromatic carbocycles. The lowest BCUT2D eigenvalue weighted by Gasteiger charge is -2.07. The van der Waals surface area contributed by atoms with Crippen molar-refractivity contribution in [2.45, 2.75) is 0 Å². The van der Waals surface area contributed by atoms with E-state index in [0.29, 0.717) is 11.3 Å². The van der Waals surface area contributed by atoms with Gasteiger partial charge in [-0.3, -0.25) is 0 Å². The smallest absolute Gasteiger partial charge is 0.343 e. The molecule has 0 radical (unpaired) electrons. The molecular weight excluding hydrogens is 308 g/mol. The van der Waals surface area contributed by atoms with Gasteiger partial charge in [0.1, 0.15) is 5.75 Å². The molecule has 0 saturated heterocycles. The van der Waals surface area contributed by atoms with E-state index in [-0.39, 0.29) is 5.97 Å². The number of esters is 1. The van der Waals surface area contributed by atoms with Crippen LogP contribution >= 0.6 is 0 Å². The van der Waals surface area contributed by atoms with E-state index in [1.165, 1.54) is 0 Å². The van der Waals surface area contributed by atoms with Crippen molar-refractivity contribution in [3.05, 3.63) is 96.6 Å². The number of hydrogen-bond donors (Lipinski definition) is 0. The number of rotatable bonds is 3. The Balaban J connectivity index is 1.62. The van der Waals surface area contributed by atoms with Crippen LogP contribution in [-0.4, -0.2) is 5.97 Å². The molecule has 0 atom stereocenters. The van der Waals surface area contributed by atoms with Crippen molar-refractivity contribution in [1.82, 2.24) is 0 Å². The van der Waals surface area contributed by atoms with Gasteiger partial charge in [0, 0.05) is 0 Å². The minimum atomic E-state index is -0.354. The first-order valence-corrected chi connectivity index (χ1v) is 8.10. The molecule has 120 valence electrons. The van der Waals surface area contributed by atoms with Crippen molar-refractivity contribution < 1.29 is 9.53 Å². The second-order valence-corrected chi connectivity index (χ2v) is 5.92. The summed E-state index contributed by atoms with van der Waals surface area (Å²) in [4.78, 5) is 12.5. The number of carbonyl (C=O) groups is 1. The summed E-state index contributed by atoms with van der Waals surface area (Å²) >= 11 is 0. The first kappa shape index (κ1) is 15.2. The van der Waals surface area contributed by atoms with Gasteiger partial charge in [0.15, 0.2) is 0 Å². The van der Waals surface area contributed by atoms with Gasteiger partial charge in [-0.05, 0) is 57.4 Å². The molecule has 0 N–H and O–H groups in total. The second-order valence-electron chi connectivity index (χ2n) is 5.92. The van der Waals surface area contributed by atoms with Crippen molar-refractivity contribution in [2.75, 3.05) is 0 Å². The van der Waals surface area contributed by atoms with Crippen molar-refractivity contribution in [1.29, 1.82) is 0 Å². The van der Waals surface area contributed by atoms with Crippen LogP contribution in [0.3, 0.4) is 0 Å². The molecule has 0 aliphatic carbocycles. The van der Waals surface area contributed by atoms with Crippen LogP contribution in [0.5, 0.6) is 5.75 Å². The van der Waals surface area contributed by atoms with E-state index >= 15 is 0 Å². The molecule has 4 rings (SSSR count). The van der Waals surface area contributed by atoms with Gasteiger partial charge in [-0.2, -0.15) is 0 Å². The third-order valence-corrected chi connectivity index (χ3v) is 4.27. The third-order valence-electron chi connectivity index (χ3n) is 4.27. The zero-order valence-corrected chi connectivity index (χ0v) is 13.6. The maximum Gasteiger partial charge on any atom is 0.343 e. The first-order chi connectivity index (χ1) is 12.2. The monoisotopic (exact) mass is 324 g/mol. The lowest BCUT2D eigenvalue weighted by atomic mass is 10.1. The lowest BCUT2D eigenvalue weighted by molar-refractivity contribution is 0.0735. The molecule has 0 fully saturated rings. The quantitative estimate of drug-likeness (QED) is 0.349. The first-order valence-electron chi connectivity index (χ1n) is 8.10. The van der Waals surface area contributed by atoms with Crippen molar-refractivity contribution in [3.63, 3.8) is 0 Å². The maximum absolute atomic E-state index is 12.5. The number of benzene rings is 4. The van der Waals surface area contributed by atoms with Crippen LogP contribution in [0.25, 0.3) is 27.6 Å². The highest BCUT2D eigenvalue weighted by atomic mass is 16.5. The predicted molar refractivity (Wildman–Crippen MR) is 103 cm³/mol. The van der Waals surface area contributed by atoms with Gasteiger partial charge in [0.2, 0.25) is 0 Å². The predicted octanol–water partition coefficient (Wildman–Crippen LogP) is 5.86. The normalized spacial score (nSPS) is 10.7. The SMILES string of the molecule is C=Cc1ccc2cc(OC(=O)c3ccc4ccccc4c3)ccc2c1. The maximum atomic E-state index is 12.5. The van der Waals surface area contributed by atoms with E-state index in [1.54, 1.807) is 6.07 Å². The van der Waals surface area contributed by atoms with Gasteiger partial charge < -0.3 is 4.74 Å². The molecule has 4 aromatic rings. The fourth-order valence-electron chi connectivity index (χ4n) is 2.92. The summed E-state index contributed by atoms with van der Waals surface area (Å²) in [5.74, 6) is 0.185. The number of carbonyl (C=O) groups excluding carboxylic acids is 1. The summed E-state index contributed by atoms with van der Waals surface area (Å²) < 4.78 is 5.55. The van der Waals surface area contributed by atoms with Crippen molar-refractivity contribution in [2.24, 2.45) is 0 Å². The number of fused-ring (bicyclic) bond motifs is 2. The topological polar surface area (TPSA) is 26.3 Å². The highest BCUT2D eigenvalue weighted by Crippen LogP contribution is 2.24. The molecule has 0 heterocycles. The van der Waals surface area contributed by atoms with Crippen LogP contribution in [0.1, 0.15) is 15.9 Å². The fourth-order valence-corrected chi connectivity index (χ4v) is 2.92. The Kier molecular flexibility index (Phi) is 3.79. The Labute approximate surface area is 146 Å². The number of hydrogen-bond acceptors (Lipinski definition) is 2. The van der Waals surface area contributed by atoms with E-state index in [0.717, 1.165) is 27.1 Å². The zero-order chi connectivity index (χ0) is 17.2. The second kappa shape index (κ2) is 6.25. The van der Waals surface area contributed by atoms with Gasteiger partial charge in [0.25, 0.3) is 0 Å². The van der Waals surface area contributed by atoms with Crippen molar-refractivity contribution >= 4 is 33.6 Å². The van der Waals surface area contributed by atoms with Gasteiger partial charge in [-0.25, -0.2) is 4.79 Å². The summed E-state index contributed by atoms with van der Waals surface area (Å²) in [5.41, 5.74) is 1.61. The molecule has 2 nitrogen and oxygen atoms in total. The van der Waals surface area contributed by atoms with Crippen LogP contribution in [0.4, 0.5) is 0 Å². The summed E-state index contributed by atoms with van der Waals surface area (Å²) in [6, 6.07) is 25.2. The van der Waals surface area contributed by atoms with E-state index in [2.05, 4.69) is 12.6 Å². The Bertz CT molecular complexity index is 1110. The molecule has 2 heteroatoms. The Morgan fingerprint density at radius 2 is 1.44 bits per heavy atom. The highest BCUT2D eigenvalue weighted by Gasteiger charge is 2.10. The lowest BCUT2D eigenvalue weighted by Crippen LogP contribution is -2.08. The molecule has 0 saturated carbocycles. The molecule has 25 heavy (non-hydrogen) atoms. The van der Waals surface area contributed by atoms with Gasteiger partial charge in [-0.15, -0.1) is 0 Å². The Morgan fingerprint density at radius 3 is 2.28 bits per heavy atom. The minimum Gasteiger partial charge on any atom is -0.423 e. The van der Waals surface area contributed by atoms with Gasteiger partial charge in [0.05, 0.1) is 5.56 Å². The van der Waals surface area contributed by atoms with Gasteiger partial charge >= 0.3 is 5.97 Å². The average Bonchev–Trinajstić information content (AvgIpc) is 2.67. The van der Waals surface area contributed by atoms with E-state index < -0.39 is 0 Å². The van der Waals surface area contributed by atoms with Gasteiger partial charge in [-0.1, -0.05) is 61.2 Å². The highest BCUT2D eigenvalue weighted by molar-refractivity contribution is 5.97. The standard InChI is InChI=1S/C23H16O2/c1-2-16-7-8-20-15-22(12-11-19(20)13-16)25-23(24)21-10-9-17-5-3-4-6-18(17)14-21/h2-15H,1H2. The zero-order valence-electron chi connectivity index (χ0n) is 13.6. The molecule has 0 aromatic heterocycles. The van der Waals surface area contributed by atoms with Crippen LogP contribution in [0, 0.1) is 0 Å². The summed E-state index contributed by atoms with van der Waals surface area (Å²) in [6.45, 7) is 3.78. The molecule has 0 spiro atoms. The summed E-state index contributed by atoms with van der Waals surface area (Å²) in [7, 11) is 0. The third kappa shape index (κ3) is 3.02.